The van der Waals surface area contributed by atoms with Gasteiger partial charge in [-0.1, -0.05) is 48.5 Å². The molecule has 36 heavy (non-hydrogen) atoms. The van der Waals surface area contributed by atoms with Crippen molar-refractivity contribution in [2.75, 3.05) is 38.2 Å². The molecule has 0 spiro atoms. The normalized spacial score (nSPS) is 13.4. The number of hydrogen-bond donors (Lipinski definition) is 0. The molecule has 0 unspecified atom stereocenters. The first-order chi connectivity index (χ1) is 17.6. The third-order valence-corrected chi connectivity index (χ3v) is 6.37. The van der Waals surface area contributed by atoms with Gasteiger partial charge in [0.1, 0.15) is 17.9 Å². The van der Waals surface area contributed by atoms with Crippen molar-refractivity contribution in [3.8, 4) is 17.0 Å². The van der Waals surface area contributed by atoms with Crippen molar-refractivity contribution in [2.45, 2.75) is 0 Å². The van der Waals surface area contributed by atoms with E-state index in [0.717, 1.165) is 22.8 Å². The maximum Gasteiger partial charge on any atom is 0.254 e. The number of benzene rings is 3. The molecule has 0 bridgehead atoms. The second-order valence-corrected chi connectivity index (χ2v) is 8.51. The number of amides is 1. The summed E-state index contributed by atoms with van der Waals surface area (Å²) in [5.41, 5.74) is 3.24. The zero-order chi connectivity index (χ0) is 24.9. The van der Waals surface area contributed by atoms with Gasteiger partial charge in [-0.15, -0.1) is 0 Å². The maximum absolute atomic E-state index is 13.4. The molecule has 4 aromatic rings. The van der Waals surface area contributed by atoms with Crippen LogP contribution < -0.4 is 9.64 Å². The van der Waals surface area contributed by atoms with Gasteiger partial charge in [0.05, 0.1) is 18.4 Å². The Bertz CT molecular complexity index is 1360. The van der Waals surface area contributed by atoms with Gasteiger partial charge in [-0.25, -0.2) is 9.97 Å². The van der Waals surface area contributed by atoms with E-state index in [-0.39, 0.29) is 11.7 Å². The van der Waals surface area contributed by atoms with E-state index in [0.29, 0.717) is 42.9 Å². The van der Waals surface area contributed by atoms with E-state index in [2.05, 4.69) is 14.9 Å². The lowest BCUT2D eigenvalue weighted by Crippen LogP contribution is -2.49. The molecule has 7 nitrogen and oxygen atoms in total. The van der Waals surface area contributed by atoms with Crippen LogP contribution in [0.3, 0.4) is 0 Å². The molecule has 3 aromatic carbocycles. The summed E-state index contributed by atoms with van der Waals surface area (Å²) in [5, 5.41) is 0. The van der Waals surface area contributed by atoms with Gasteiger partial charge in [0.15, 0.2) is 5.78 Å². The number of carbonyl (C=O) groups is 2. The Morgan fingerprint density at radius 1 is 0.778 bits per heavy atom. The number of carbonyl (C=O) groups excluding carboxylic acids is 2. The van der Waals surface area contributed by atoms with Crippen LogP contribution in [0.1, 0.15) is 26.3 Å². The minimum absolute atomic E-state index is 0.129. The molecule has 180 valence electrons. The number of rotatable bonds is 6. The molecule has 1 aromatic heterocycles. The molecule has 0 aliphatic carbocycles. The fourth-order valence-corrected chi connectivity index (χ4v) is 4.36. The molecule has 1 saturated heterocycles. The Balaban J connectivity index is 1.29. The van der Waals surface area contributed by atoms with Crippen LogP contribution in [0.4, 0.5) is 5.82 Å². The fraction of sp³-hybridized carbons (Fsp3) is 0.172. The highest BCUT2D eigenvalue weighted by atomic mass is 16.5. The molecule has 0 N–H and O–H groups in total. The molecule has 0 saturated carbocycles. The summed E-state index contributed by atoms with van der Waals surface area (Å²) in [6, 6.07) is 25.8. The van der Waals surface area contributed by atoms with Crippen molar-refractivity contribution in [2.24, 2.45) is 0 Å². The zero-order valence-electron chi connectivity index (χ0n) is 20.0. The van der Waals surface area contributed by atoms with E-state index >= 15 is 0 Å². The van der Waals surface area contributed by atoms with Crippen LogP contribution in [0.25, 0.3) is 11.3 Å². The lowest BCUT2D eigenvalue weighted by Gasteiger charge is -2.35. The number of anilines is 1. The van der Waals surface area contributed by atoms with Crippen LogP contribution >= 0.6 is 0 Å². The number of ketones is 1. The smallest absolute Gasteiger partial charge is 0.254 e. The van der Waals surface area contributed by atoms with Crippen molar-refractivity contribution in [3.05, 3.63) is 108 Å². The Morgan fingerprint density at radius 3 is 2.14 bits per heavy atom. The molecule has 1 aliphatic rings. The highest BCUT2D eigenvalue weighted by Crippen LogP contribution is 2.24. The second kappa shape index (κ2) is 10.4. The van der Waals surface area contributed by atoms with Crippen molar-refractivity contribution in [1.82, 2.24) is 14.9 Å². The highest BCUT2D eigenvalue weighted by Gasteiger charge is 2.26. The van der Waals surface area contributed by atoms with Crippen LogP contribution in [0.5, 0.6) is 5.75 Å². The summed E-state index contributed by atoms with van der Waals surface area (Å²) in [4.78, 5) is 39.3. The topological polar surface area (TPSA) is 75.6 Å². The quantitative estimate of drug-likeness (QED) is 0.384. The monoisotopic (exact) mass is 478 g/mol. The molecule has 5 rings (SSSR count). The molecule has 0 radical (unpaired) electrons. The van der Waals surface area contributed by atoms with Crippen LogP contribution in [0.2, 0.25) is 0 Å². The van der Waals surface area contributed by atoms with Gasteiger partial charge in [0, 0.05) is 48.9 Å². The van der Waals surface area contributed by atoms with Gasteiger partial charge in [-0.3, -0.25) is 9.59 Å². The molecule has 7 heteroatoms. The number of ether oxygens (including phenoxy) is 1. The standard InChI is InChI=1S/C29H26N4O3/c1-36-23-13-11-21(12-14-23)26-19-27(31-20-30-26)32-15-17-33(18-16-32)29(35)25-10-6-5-9-24(25)28(34)22-7-3-2-4-8-22/h2-14,19-20H,15-18H2,1H3. The minimum atomic E-state index is -0.148. The van der Waals surface area contributed by atoms with Gasteiger partial charge < -0.3 is 14.5 Å². The van der Waals surface area contributed by atoms with Crippen LogP contribution in [0, 0.1) is 0 Å². The van der Waals surface area contributed by atoms with Gasteiger partial charge in [0.2, 0.25) is 0 Å². The molecule has 0 atom stereocenters. The van der Waals surface area contributed by atoms with Gasteiger partial charge in [0.25, 0.3) is 5.91 Å². The Morgan fingerprint density at radius 2 is 1.44 bits per heavy atom. The third-order valence-electron chi connectivity index (χ3n) is 6.37. The van der Waals surface area contributed by atoms with Gasteiger partial charge >= 0.3 is 0 Å². The number of hydrogen-bond acceptors (Lipinski definition) is 6. The average Bonchev–Trinajstić information content (AvgIpc) is 2.97. The van der Waals surface area contributed by atoms with Crippen LogP contribution in [-0.4, -0.2) is 59.8 Å². The van der Waals surface area contributed by atoms with Crippen molar-refractivity contribution in [1.29, 1.82) is 0 Å². The van der Waals surface area contributed by atoms with E-state index in [1.807, 2.05) is 48.5 Å². The summed E-state index contributed by atoms with van der Waals surface area (Å²) >= 11 is 0. The summed E-state index contributed by atoms with van der Waals surface area (Å²) < 4.78 is 5.24. The van der Waals surface area contributed by atoms with Gasteiger partial charge in [-0.05, 0) is 30.3 Å². The van der Waals surface area contributed by atoms with Crippen molar-refractivity contribution in [3.63, 3.8) is 0 Å². The SMILES string of the molecule is COc1ccc(-c2cc(N3CCN(C(=O)c4ccccc4C(=O)c4ccccc4)CC3)ncn2)cc1. The van der Waals surface area contributed by atoms with E-state index in [9.17, 15) is 9.59 Å². The second-order valence-electron chi connectivity index (χ2n) is 8.51. The molecule has 1 fully saturated rings. The maximum atomic E-state index is 13.4. The predicted octanol–water partition coefficient (Wildman–Crippen LogP) is 4.35. The average molecular weight is 479 g/mol. The highest BCUT2D eigenvalue weighted by molar-refractivity contribution is 6.15. The fourth-order valence-electron chi connectivity index (χ4n) is 4.36. The number of piperazine rings is 1. The Hall–Kier alpha value is -4.52. The number of aromatic nitrogens is 2. The van der Waals surface area contributed by atoms with E-state index < -0.39 is 0 Å². The lowest BCUT2D eigenvalue weighted by molar-refractivity contribution is 0.0742. The summed E-state index contributed by atoms with van der Waals surface area (Å²) in [5.74, 6) is 1.34. The van der Waals surface area contributed by atoms with Gasteiger partial charge in [-0.2, -0.15) is 0 Å². The van der Waals surface area contributed by atoms with Crippen molar-refractivity contribution >= 4 is 17.5 Å². The Kier molecular flexibility index (Phi) is 6.71. The Labute approximate surface area is 210 Å². The van der Waals surface area contributed by atoms with E-state index in [1.165, 1.54) is 0 Å². The van der Waals surface area contributed by atoms with E-state index in [1.54, 1.807) is 54.7 Å². The first kappa shape index (κ1) is 23.2. The molecular formula is C29H26N4O3. The third kappa shape index (κ3) is 4.81. The predicted molar refractivity (Wildman–Crippen MR) is 138 cm³/mol. The molecule has 2 heterocycles. The van der Waals surface area contributed by atoms with Crippen LogP contribution in [-0.2, 0) is 0 Å². The number of methoxy groups -OCH3 is 1. The lowest BCUT2D eigenvalue weighted by atomic mass is 9.97. The number of nitrogens with zero attached hydrogens (tertiary/aromatic N) is 4. The first-order valence-corrected chi connectivity index (χ1v) is 11.8. The van der Waals surface area contributed by atoms with Crippen molar-refractivity contribution < 1.29 is 14.3 Å². The summed E-state index contributed by atoms with van der Waals surface area (Å²) in [7, 11) is 1.64. The van der Waals surface area contributed by atoms with Crippen LogP contribution in [0.15, 0.2) is 91.3 Å². The molecular weight excluding hydrogens is 452 g/mol. The molecule has 1 amide bonds. The minimum Gasteiger partial charge on any atom is -0.497 e. The van der Waals surface area contributed by atoms with E-state index in [4.69, 9.17) is 4.74 Å². The molecule has 1 aliphatic heterocycles. The summed E-state index contributed by atoms with van der Waals surface area (Å²) in [6.45, 7) is 2.35. The largest absolute Gasteiger partial charge is 0.497 e. The zero-order valence-corrected chi connectivity index (χ0v) is 20.0. The first-order valence-electron chi connectivity index (χ1n) is 11.8. The summed E-state index contributed by atoms with van der Waals surface area (Å²) in [6.07, 6.45) is 1.57.